The summed E-state index contributed by atoms with van der Waals surface area (Å²) in [5.41, 5.74) is 2.66. The lowest BCUT2D eigenvalue weighted by atomic mass is 10.0. The molecule has 3 aromatic rings. The molecule has 0 saturated heterocycles. The van der Waals surface area contributed by atoms with Crippen molar-refractivity contribution in [2.45, 2.75) is 38.1 Å². The fourth-order valence-electron chi connectivity index (χ4n) is 3.70. The van der Waals surface area contributed by atoms with Crippen molar-refractivity contribution in [3.63, 3.8) is 0 Å². The van der Waals surface area contributed by atoms with Crippen LogP contribution < -0.4 is 5.32 Å². The van der Waals surface area contributed by atoms with Gasteiger partial charge in [0.05, 0.1) is 5.75 Å². The van der Waals surface area contributed by atoms with Crippen molar-refractivity contribution in [1.82, 2.24) is 10.2 Å². The van der Waals surface area contributed by atoms with Crippen molar-refractivity contribution >= 4 is 58.4 Å². The molecule has 0 aliphatic heterocycles. The number of rotatable bonds is 12. The number of benzene rings is 3. The van der Waals surface area contributed by atoms with Gasteiger partial charge in [-0.2, -0.15) is 0 Å². The van der Waals surface area contributed by atoms with Crippen LogP contribution in [0.2, 0.25) is 15.1 Å². The molecule has 0 bridgehead atoms. The van der Waals surface area contributed by atoms with Crippen LogP contribution >= 0.6 is 46.6 Å². The first-order valence-corrected chi connectivity index (χ1v) is 14.0. The van der Waals surface area contributed by atoms with E-state index >= 15 is 0 Å². The van der Waals surface area contributed by atoms with E-state index in [1.54, 1.807) is 23.1 Å². The fraction of sp³-hybridized carbons (Fsp3) is 0.286. The number of nitrogens with zero attached hydrogens (tertiary/aromatic N) is 1. The predicted octanol–water partition coefficient (Wildman–Crippen LogP) is 7.05. The number of hydrogen-bond acceptors (Lipinski definition) is 3. The number of carbonyl (C=O) groups excluding carboxylic acids is 2. The Bertz CT molecular complexity index is 1160. The van der Waals surface area contributed by atoms with Crippen molar-refractivity contribution < 1.29 is 9.59 Å². The number of halogens is 3. The lowest BCUT2D eigenvalue weighted by Crippen LogP contribution is -2.51. The molecule has 0 spiro atoms. The Hall–Kier alpha value is -2.18. The van der Waals surface area contributed by atoms with Crippen LogP contribution in [0.1, 0.15) is 30.0 Å². The predicted molar refractivity (Wildman–Crippen MR) is 152 cm³/mol. The number of amides is 2. The van der Waals surface area contributed by atoms with Gasteiger partial charge in [-0.05, 0) is 41.3 Å². The molecule has 190 valence electrons. The molecular formula is C28H29Cl3N2O2S. The highest BCUT2D eigenvalue weighted by atomic mass is 35.5. The molecular weight excluding hydrogens is 535 g/mol. The molecule has 0 radical (unpaired) electrons. The van der Waals surface area contributed by atoms with E-state index in [9.17, 15) is 9.59 Å². The first-order chi connectivity index (χ1) is 17.4. The van der Waals surface area contributed by atoms with Gasteiger partial charge >= 0.3 is 0 Å². The number of hydrogen-bond donors (Lipinski definition) is 1. The van der Waals surface area contributed by atoms with Gasteiger partial charge in [0.1, 0.15) is 6.04 Å². The third-order valence-electron chi connectivity index (χ3n) is 5.62. The van der Waals surface area contributed by atoms with E-state index in [1.807, 2.05) is 61.5 Å². The molecule has 8 heteroatoms. The van der Waals surface area contributed by atoms with Crippen molar-refractivity contribution in [2.24, 2.45) is 0 Å². The summed E-state index contributed by atoms with van der Waals surface area (Å²) < 4.78 is 0. The average molecular weight is 564 g/mol. The highest BCUT2D eigenvalue weighted by Crippen LogP contribution is 2.26. The summed E-state index contributed by atoms with van der Waals surface area (Å²) in [5.74, 6) is 0.454. The molecule has 0 aromatic heterocycles. The highest BCUT2D eigenvalue weighted by molar-refractivity contribution is 7.99. The molecule has 0 saturated carbocycles. The number of carbonyl (C=O) groups is 2. The van der Waals surface area contributed by atoms with Crippen LogP contribution in [0.15, 0.2) is 72.8 Å². The van der Waals surface area contributed by atoms with Crippen LogP contribution in [0.5, 0.6) is 0 Å². The zero-order valence-corrected chi connectivity index (χ0v) is 23.1. The zero-order chi connectivity index (χ0) is 25.9. The molecule has 3 rings (SSSR count). The third kappa shape index (κ3) is 8.45. The summed E-state index contributed by atoms with van der Waals surface area (Å²) in [6.07, 6.45) is 1.19. The SMILES string of the molecule is CCCNC(=O)[C@@H](Cc1ccccc1)N(Cc1ccc(Cl)cc1Cl)C(=O)CSCc1ccccc1Cl. The smallest absolute Gasteiger partial charge is 0.243 e. The second-order valence-corrected chi connectivity index (χ2v) is 10.6. The van der Waals surface area contributed by atoms with Gasteiger partial charge < -0.3 is 10.2 Å². The second kappa shape index (κ2) is 14.5. The minimum Gasteiger partial charge on any atom is -0.354 e. The minimum atomic E-state index is -0.695. The summed E-state index contributed by atoms with van der Waals surface area (Å²) in [6.45, 7) is 2.72. The molecule has 1 atom stereocenters. The lowest BCUT2D eigenvalue weighted by molar-refractivity contribution is -0.139. The van der Waals surface area contributed by atoms with Crippen LogP contribution in [0.25, 0.3) is 0 Å². The Morgan fingerprint density at radius 3 is 2.33 bits per heavy atom. The van der Waals surface area contributed by atoms with E-state index in [4.69, 9.17) is 34.8 Å². The van der Waals surface area contributed by atoms with Gasteiger partial charge in [0.2, 0.25) is 11.8 Å². The van der Waals surface area contributed by atoms with Crippen LogP contribution in [0.4, 0.5) is 0 Å². The van der Waals surface area contributed by atoms with Gasteiger partial charge in [-0.3, -0.25) is 9.59 Å². The molecule has 0 unspecified atom stereocenters. The highest BCUT2D eigenvalue weighted by Gasteiger charge is 2.30. The summed E-state index contributed by atoms with van der Waals surface area (Å²) in [5, 5.41) is 4.61. The van der Waals surface area contributed by atoms with Gasteiger partial charge in [0.25, 0.3) is 0 Å². The number of nitrogens with one attached hydrogen (secondary N) is 1. The van der Waals surface area contributed by atoms with Gasteiger partial charge in [0, 0.05) is 40.3 Å². The monoisotopic (exact) mass is 562 g/mol. The molecule has 1 N–H and O–H groups in total. The normalized spacial score (nSPS) is 11.7. The molecule has 36 heavy (non-hydrogen) atoms. The maximum atomic E-state index is 13.6. The molecule has 0 heterocycles. The topological polar surface area (TPSA) is 49.4 Å². The van der Waals surface area contributed by atoms with Gasteiger partial charge in [-0.15, -0.1) is 11.8 Å². The van der Waals surface area contributed by atoms with Crippen LogP contribution in [-0.2, 0) is 28.3 Å². The first kappa shape index (κ1) is 28.4. The second-order valence-electron chi connectivity index (χ2n) is 8.34. The Morgan fingerprint density at radius 1 is 0.917 bits per heavy atom. The Balaban J connectivity index is 1.87. The zero-order valence-electron chi connectivity index (χ0n) is 20.1. The quantitative estimate of drug-likeness (QED) is 0.257. The third-order valence-corrected chi connectivity index (χ3v) is 7.54. The molecule has 4 nitrogen and oxygen atoms in total. The Kier molecular flexibility index (Phi) is 11.5. The molecule has 0 fully saturated rings. The first-order valence-electron chi connectivity index (χ1n) is 11.7. The van der Waals surface area contributed by atoms with Gasteiger partial charge in [0.15, 0.2) is 0 Å². The standard InChI is InChI=1S/C28H29Cl3N2O2S/c1-2-14-32-28(35)26(15-20-8-4-3-5-9-20)33(17-21-12-13-23(29)16-25(21)31)27(34)19-36-18-22-10-6-7-11-24(22)30/h3-13,16,26H,2,14-15,17-19H2,1H3,(H,32,35)/t26-/m1/s1. The van der Waals surface area contributed by atoms with E-state index in [2.05, 4.69) is 5.32 Å². The maximum absolute atomic E-state index is 13.6. The van der Waals surface area contributed by atoms with E-state index in [1.165, 1.54) is 11.8 Å². The van der Waals surface area contributed by atoms with E-state index < -0.39 is 6.04 Å². The summed E-state index contributed by atoms with van der Waals surface area (Å²) >= 11 is 20.3. The molecule has 0 aliphatic rings. The Morgan fingerprint density at radius 2 is 1.64 bits per heavy atom. The van der Waals surface area contributed by atoms with E-state index in [0.717, 1.165) is 23.1 Å². The van der Waals surface area contributed by atoms with E-state index in [0.29, 0.717) is 33.8 Å². The van der Waals surface area contributed by atoms with Crippen molar-refractivity contribution in [1.29, 1.82) is 0 Å². The summed E-state index contributed by atoms with van der Waals surface area (Å²) in [7, 11) is 0. The van der Waals surface area contributed by atoms with Crippen molar-refractivity contribution in [3.05, 3.63) is 105 Å². The largest absolute Gasteiger partial charge is 0.354 e. The lowest BCUT2D eigenvalue weighted by Gasteiger charge is -2.32. The molecule has 0 aliphatic carbocycles. The average Bonchev–Trinajstić information content (AvgIpc) is 2.87. The summed E-state index contributed by atoms with van der Waals surface area (Å²) in [4.78, 5) is 28.6. The minimum absolute atomic E-state index is 0.148. The molecule has 3 aromatic carbocycles. The van der Waals surface area contributed by atoms with Crippen molar-refractivity contribution in [2.75, 3.05) is 12.3 Å². The number of thioether (sulfide) groups is 1. The van der Waals surface area contributed by atoms with Gasteiger partial charge in [-0.1, -0.05) is 96.3 Å². The van der Waals surface area contributed by atoms with E-state index in [-0.39, 0.29) is 24.1 Å². The van der Waals surface area contributed by atoms with Crippen LogP contribution in [-0.4, -0.2) is 35.1 Å². The van der Waals surface area contributed by atoms with Crippen LogP contribution in [0, 0.1) is 0 Å². The maximum Gasteiger partial charge on any atom is 0.243 e. The van der Waals surface area contributed by atoms with Crippen molar-refractivity contribution in [3.8, 4) is 0 Å². The Labute approximate surface area is 232 Å². The molecule has 2 amide bonds. The summed E-state index contributed by atoms with van der Waals surface area (Å²) in [6, 6.07) is 21.8. The fourth-order valence-corrected chi connectivity index (χ4v) is 5.36. The van der Waals surface area contributed by atoms with Crippen LogP contribution in [0.3, 0.4) is 0 Å². The van der Waals surface area contributed by atoms with Gasteiger partial charge in [-0.25, -0.2) is 0 Å².